The standard InChI is InChI=1S/C24H30O6/c1-12-18-15(5-8-23(18)9-6-17(26)29-23)19-16(21(27)28-3)11-13-10-14(25)4-7-22(13,2)24(19)20(12)30-24/h10,12,15-16,18-20H,4-9,11H2,1-3H3/t12-,15+,16+,18?,19+,20+,22-,23-,24?/m0/s1. The minimum Gasteiger partial charge on any atom is -0.469 e. The molecule has 6 aliphatic rings. The van der Waals surface area contributed by atoms with Crippen molar-refractivity contribution in [1.29, 1.82) is 0 Å². The summed E-state index contributed by atoms with van der Waals surface area (Å²) in [5.74, 6) is 0.345. The zero-order valence-electron chi connectivity index (χ0n) is 17.9. The molecule has 6 rings (SSSR count). The summed E-state index contributed by atoms with van der Waals surface area (Å²) in [4.78, 5) is 37.3. The van der Waals surface area contributed by atoms with Crippen LogP contribution in [0.15, 0.2) is 11.6 Å². The highest BCUT2D eigenvalue weighted by Gasteiger charge is 2.82. The second kappa shape index (κ2) is 5.76. The largest absolute Gasteiger partial charge is 0.469 e. The van der Waals surface area contributed by atoms with Gasteiger partial charge in [-0.05, 0) is 50.0 Å². The lowest BCUT2D eigenvalue weighted by Crippen LogP contribution is -2.62. The lowest BCUT2D eigenvalue weighted by molar-refractivity contribution is -0.163. The van der Waals surface area contributed by atoms with Crippen LogP contribution >= 0.6 is 0 Å². The third-order valence-corrected chi connectivity index (χ3v) is 9.88. The van der Waals surface area contributed by atoms with E-state index in [2.05, 4.69) is 13.8 Å². The van der Waals surface area contributed by atoms with Crippen molar-refractivity contribution in [3.05, 3.63) is 11.6 Å². The Kier molecular flexibility index (Phi) is 3.65. The summed E-state index contributed by atoms with van der Waals surface area (Å²) in [6.07, 6.45) is 6.81. The second-order valence-electron chi connectivity index (χ2n) is 10.8. The molecule has 4 aliphatic carbocycles. The van der Waals surface area contributed by atoms with Crippen LogP contribution in [0.5, 0.6) is 0 Å². The van der Waals surface area contributed by atoms with E-state index in [0.29, 0.717) is 19.3 Å². The summed E-state index contributed by atoms with van der Waals surface area (Å²) in [7, 11) is 1.45. The van der Waals surface area contributed by atoms with E-state index in [-0.39, 0.29) is 64.4 Å². The van der Waals surface area contributed by atoms with Gasteiger partial charge in [-0.25, -0.2) is 0 Å². The van der Waals surface area contributed by atoms with Crippen molar-refractivity contribution in [2.45, 2.75) is 76.1 Å². The molecule has 6 nitrogen and oxygen atoms in total. The highest BCUT2D eigenvalue weighted by molar-refractivity contribution is 5.92. The lowest BCUT2D eigenvalue weighted by atomic mass is 9.45. The first-order valence-electron chi connectivity index (χ1n) is 11.5. The number of fused-ring (bicyclic) bond motifs is 4. The molecule has 5 fully saturated rings. The van der Waals surface area contributed by atoms with Gasteiger partial charge in [-0.15, -0.1) is 0 Å². The van der Waals surface area contributed by atoms with Gasteiger partial charge >= 0.3 is 11.9 Å². The van der Waals surface area contributed by atoms with Gasteiger partial charge in [0.05, 0.1) is 19.1 Å². The third kappa shape index (κ3) is 2.02. The Bertz CT molecular complexity index is 892. The minimum absolute atomic E-state index is 0.0343. The van der Waals surface area contributed by atoms with E-state index in [1.165, 1.54) is 7.11 Å². The number of esters is 2. The van der Waals surface area contributed by atoms with Crippen LogP contribution in [0.4, 0.5) is 0 Å². The molecule has 0 radical (unpaired) electrons. The maximum absolute atomic E-state index is 13.0. The van der Waals surface area contributed by atoms with Crippen molar-refractivity contribution in [2.24, 2.45) is 35.0 Å². The fourth-order valence-electron chi connectivity index (χ4n) is 8.77. The molecule has 0 N–H and O–H groups in total. The van der Waals surface area contributed by atoms with Crippen molar-refractivity contribution < 1.29 is 28.6 Å². The summed E-state index contributed by atoms with van der Waals surface area (Å²) in [6, 6.07) is 0. The van der Waals surface area contributed by atoms with Crippen molar-refractivity contribution in [1.82, 2.24) is 0 Å². The summed E-state index contributed by atoms with van der Waals surface area (Å²) < 4.78 is 17.9. The SMILES string of the molecule is COC(=O)[C@@H]1CC2=CC(=O)CC[C@]2(C)C23O[C@@H]2[C@@H](C)C2[C@@H](CC[C@]24CCC(=O)O4)[C@H]13. The van der Waals surface area contributed by atoms with Crippen LogP contribution in [0.3, 0.4) is 0 Å². The Morgan fingerprint density at radius 3 is 2.67 bits per heavy atom. The van der Waals surface area contributed by atoms with Crippen LogP contribution in [-0.4, -0.2) is 42.1 Å². The van der Waals surface area contributed by atoms with E-state index < -0.39 is 5.60 Å². The average molecular weight is 414 g/mol. The molecule has 30 heavy (non-hydrogen) atoms. The second-order valence-corrected chi connectivity index (χ2v) is 10.8. The van der Waals surface area contributed by atoms with Crippen LogP contribution in [0.1, 0.15) is 58.8 Å². The van der Waals surface area contributed by atoms with Gasteiger partial charge in [0.1, 0.15) is 11.2 Å². The highest BCUT2D eigenvalue weighted by atomic mass is 16.6. The van der Waals surface area contributed by atoms with Gasteiger partial charge in [-0.3, -0.25) is 14.4 Å². The number of hydrogen-bond donors (Lipinski definition) is 0. The molecule has 9 atom stereocenters. The molecule has 0 aromatic rings. The molecule has 162 valence electrons. The lowest BCUT2D eigenvalue weighted by Gasteiger charge is -2.56. The maximum Gasteiger partial charge on any atom is 0.309 e. The monoisotopic (exact) mass is 414 g/mol. The maximum atomic E-state index is 13.0. The summed E-state index contributed by atoms with van der Waals surface area (Å²) in [5, 5.41) is 0. The highest BCUT2D eigenvalue weighted by Crippen LogP contribution is 2.76. The summed E-state index contributed by atoms with van der Waals surface area (Å²) in [5.41, 5.74) is 0.0472. The van der Waals surface area contributed by atoms with Gasteiger partial charge in [0.2, 0.25) is 0 Å². The zero-order chi connectivity index (χ0) is 21.1. The summed E-state index contributed by atoms with van der Waals surface area (Å²) >= 11 is 0. The molecule has 2 heterocycles. The van der Waals surface area contributed by atoms with Crippen LogP contribution in [0.25, 0.3) is 0 Å². The fraction of sp³-hybridized carbons (Fsp3) is 0.792. The van der Waals surface area contributed by atoms with Crippen molar-refractivity contribution in [2.75, 3.05) is 7.11 Å². The Hall–Kier alpha value is -1.69. The number of methoxy groups -OCH3 is 1. The van der Waals surface area contributed by atoms with Gasteiger partial charge in [0, 0.05) is 30.1 Å². The first-order valence-corrected chi connectivity index (χ1v) is 11.5. The molecule has 2 spiro atoms. The van der Waals surface area contributed by atoms with Crippen molar-refractivity contribution in [3.8, 4) is 0 Å². The van der Waals surface area contributed by atoms with Crippen LogP contribution in [0, 0.1) is 35.0 Å². The zero-order valence-corrected chi connectivity index (χ0v) is 17.9. The van der Waals surface area contributed by atoms with E-state index >= 15 is 0 Å². The molecule has 0 amide bonds. The van der Waals surface area contributed by atoms with Crippen molar-refractivity contribution >= 4 is 17.7 Å². The topological polar surface area (TPSA) is 82.2 Å². The van der Waals surface area contributed by atoms with Gasteiger partial charge in [-0.1, -0.05) is 19.4 Å². The average Bonchev–Trinajstić information content (AvgIpc) is 3.23. The Labute approximate surface area is 176 Å². The van der Waals surface area contributed by atoms with Gasteiger partial charge in [0.15, 0.2) is 5.78 Å². The molecule has 0 aromatic heterocycles. The van der Waals surface area contributed by atoms with E-state index in [9.17, 15) is 14.4 Å². The Morgan fingerprint density at radius 1 is 1.17 bits per heavy atom. The number of hydrogen-bond acceptors (Lipinski definition) is 6. The van der Waals surface area contributed by atoms with Crippen LogP contribution in [0.2, 0.25) is 0 Å². The third-order valence-electron chi connectivity index (χ3n) is 9.88. The number of carbonyl (C=O) groups is 3. The molecule has 0 aromatic carbocycles. The van der Waals surface area contributed by atoms with E-state index in [4.69, 9.17) is 14.2 Å². The fourth-order valence-corrected chi connectivity index (χ4v) is 8.77. The van der Waals surface area contributed by atoms with Crippen LogP contribution < -0.4 is 0 Å². The molecule has 0 bridgehead atoms. The first kappa shape index (κ1) is 19.0. The predicted molar refractivity (Wildman–Crippen MR) is 105 cm³/mol. The molecular weight excluding hydrogens is 384 g/mol. The quantitative estimate of drug-likeness (QED) is 0.485. The number of ketones is 1. The summed E-state index contributed by atoms with van der Waals surface area (Å²) in [6.45, 7) is 4.49. The normalized spacial score (nSPS) is 53.2. The molecule has 2 unspecified atom stereocenters. The van der Waals surface area contributed by atoms with Crippen LogP contribution in [-0.2, 0) is 28.6 Å². The van der Waals surface area contributed by atoms with Gasteiger partial charge in [-0.2, -0.15) is 0 Å². The molecule has 2 aliphatic heterocycles. The Morgan fingerprint density at radius 2 is 1.97 bits per heavy atom. The van der Waals surface area contributed by atoms with Gasteiger partial charge < -0.3 is 14.2 Å². The predicted octanol–water partition coefficient (Wildman–Crippen LogP) is 2.98. The van der Waals surface area contributed by atoms with E-state index in [1.807, 2.05) is 0 Å². The smallest absolute Gasteiger partial charge is 0.309 e. The number of rotatable bonds is 1. The molecule has 6 heteroatoms. The van der Waals surface area contributed by atoms with Gasteiger partial charge in [0.25, 0.3) is 0 Å². The molecular formula is C24H30O6. The van der Waals surface area contributed by atoms with Crippen molar-refractivity contribution in [3.63, 3.8) is 0 Å². The number of ether oxygens (including phenoxy) is 3. The number of epoxide rings is 1. The van der Waals surface area contributed by atoms with E-state index in [1.54, 1.807) is 6.08 Å². The molecule has 2 saturated heterocycles. The first-order chi connectivity index (χ1) is 14.3. The molecule has 3 saturated carbocycles. The minimum atomic E-state index is -0.411. The van der Waals surface area contributed by atoms with E-state index in [0.717, 1.165) is 31.3 Å². The number of carbonyl (C=O) groups excluding carboxylic acids is 3. The Balaban J connectivity index is 1.49.